The number of carbonyl (C=O) groups is 1. The summed E-state index contributed by atoms with van der Waals surface area (Å²) >= 11 is 0. The molecule has 0 aliphatic heterocycles. The zero-order valence-corrected chi connectivity index (χ0v) is 7.94. The summed E-state index contributed by atoms with van der Waals surface area (Å²) in [7, 11) is 0. The van der Waals surface area contributed by atoms with E-state index in [2.05, 4.69) is 9.97 Å². The summed E-state index contributed by atoms with van der Waals surface area (Å²) in [5, 5.41) is 0. The Labute approximate surface area is 77.0 Å². The predicted octanol–water partition coefficient (Wildman–Crippen LogP) is 1.38. The van der Waals surface area contributed by atoms with Crippen molar-refractivity contribution in [2.24, 2.45) is 0 Å². The number of hydrogen-bond acceptors (Lipinski definition) is 4. The number of ether oxygens (including phenoxy) is 1. The number of nitrogens with zero attached hydrogens (tertiary/aromatic N) is 2. The molecular formula is C9H12N2O2. The maximum Gasteiger partial charge on any atom is 0.217 e. The lowest BCUT2D eigenvalue weighted by atomic mass is 10.4. The van der Waals surface area contributed by atoms with Crippen LogP contribution in [-0.2, 0) is 0 Å². The largest absolute Gasteiger partial charge is 0.475 e. The van der Waals surface area contributed by atoms with Crippen molar-refractivity contribution in [3.05, 3.63) is 17.6 Å². The molecule has 0 bridgehead atoms. The van der Waals surface area contributed by atoms with E-state index in [1.807, 2.05) is 13.8 Å². The van der Waals surface area contributed by atoms with Crippen LogP contribution in [0.25, 0.3) is 0 Å². The first-order valence-corrected chi connectivity index (χ1v) is 4.09. The van der Waals surface area contributed by atoms with Crippen molar-refractivity contribution >= 4 is 6.29 Å². The molecule has 4 nitrogen and oxygen atoms in total. The first-order valence-electron chi connectivity index (χ1n) is 4.09. The van der Waals surface area contributed by atoms with Crippen LogP contribution in [0.5, 0.6) is 5.88 Å². The number of hydrogen-bond donors (Lipinski definition) is 0. The van der Waals surface area contributed by atoms with Crippen molar-refractivity contribution in [1.82, 2.24) is 9.97 Å². The number of aldehydes is 1. The Morgan fingerprint density at radius 3 is 2.69 bits per heavy atom. The van der Waals surface area contributed by atoms with Gasteiger partial charge in [0.05, 0.1) is 6.10 Å². The molecule has 13 heavy (non-hydrogen) atoms. The van der Waals surface area contributed by atoms with Gasteiger partial charge in [-0.15, -0.1) is 0 Å². The van der Waals surface area contributed by atoms with E-state index in [-0.39, 0.29) is 6.10 Å². The second-order valence-electron chi connectivity index (χ2n) is 2.96. The van der Waals surface area contributed by atoms with Crippen LogP contribution in [0.3, 0.4) is 0 Å². The molecule has 0 radical (unpaired) electrons. The van der Waals surface area contributed by atoms with Crippen molar-refractivity contribution in [2.45, 2.75) is 26.9 Å². The molecule has 0 spiro atoms. The highest BCUT2D eigenvalue weighted by Gasteiger charge is 2.03. The lowest BCUT2D eigenvalue weighted by Gasteiger charge is -2.08. The second-order valence-corrected chi connectivity index (χ2v) is 2.96. The summed E-state index contributed by atoms with van der Waals surface area (Å²) in [4.78, 5) is 18.4. The monoisotopic (exact) mass is 180 g/mol. The molecular weight excluding hydrogens is 168 g/mol. The molecule has 0 unspecified atom stereocenters. The Morgan fingerprint density at radius 1 is 1.46 bits per heavy atom. The maximum atomic E-state index is 10.5. The van der Waals surface area contributed by atoms with Gasteiger partial charge in [-0.3, -0.25) is 4.79 Å². The van der Waals surface area contributed by atoms with E-state index in [1.165, 1.54) is 6.07 Å². The number of rotatable bonds is 3. The Kier molecular flexibility index (Phi) is 2.95. The zero-order chi connectivity index (χ0) is 9.84. The summed E-state index contributed by atoms with van der Waals surface area (Å²) in [5.41, 5.74) is 0.350. The van der Waals surface area contributed by atoms with Crippen LogP contribution in [0.1, 0.15) is 30.2 Å². The fourth-order valence-corrected chi connectivity index (χ4v) is 0.925. The minimum atomic E-state index is 0.0498. The topological polar surface area (TPSA) is 52.1 Å². The number of carbonyl (C=O) groups excluding carboxylic acids is 1. The molecule has 0 fully saturated rings. The fraction of sp³-hybridized carbons (Fsp3) is 0.444. The molecule has 0 saturated heterocycles. The van der Waals surface area contributed by atoms with E-state index < -0.39 is 0 Å². The van der Waals surface area contributed by atoms with Crippen LogP contribution >= 0.6 is 0 Å². The van der Waals surface area contributed by atoms with E-state index in [0.717, 1.165) is 0 Å². The average Bonchev–Trinajstić information content (AvgIpc) is 2.01. The van der Waals surface area contributed by atoms with Gasteiger partial charge in [-0.1, -0.05) is 0 Å². The van der Waals surface area contributed by atoms with Gasteiger partial charge < -0.3 is 4.74 Å². The summed E-state index contributed by atoms with van der Waals surface area (Å²) in [6, 6.07) is 1.53. The minimum Gasteiger partial charge on any atom is -0.475 e. The van der Waals surface area contributed by atoms with Crippen LogP contribution in [0.4, 0.5) is 0 Å². The summed E-state index contributed by atoms with van der Waals surface area (Å²) in [6.07, 6.45) is 0.732. The van der Waals surface area contributed by atoms with Gasteiger partial charge in [-0.05, 0) is 20.8 Å². The SMILES string of the molecule is Cc1nc(C=O)cc(OC(C)C)n1. The predicted molar refractivity (Wildman–Crippen MR) is 47.9 cm³/mol. The molecule has 0 atom stereocenters. The third-order valence-electron chi connectivity index (χ3n) is 1.31. The van der Waals surface area contributed by atoms with Gasteiger partial charge in [0.25, 0.3) is 0 Å². The van der Waals surface area contributed by atoms with Crippen LogP contribution in [0.15, 0.2) is 6.07 Å². The molecule has 1 aromatic heterocycles. The molecule has 70 valence electrons. The van der Waals surface area contributed by atoms with Gasteiger partial charge in [-0.2, -0.15) is 4.98 Å². The molecule has 0 saturated carbocycles. The molecule has 0 aliphatic carbocycles. The van der Waals surface area contributed by atoms with E-state index in [1.54, 1.807) is 6.92 Å². The van der Waals surface area contributed by atoms with Crippen LogP contribution in [-0.4, -0.2) is 22.4 Å². The Balaban J connectivity index is 2.94. The standard InChI is InChI=1S/C9H12N2O2/c1-6(2)13-9-4-8(5-12)10-7(3)11-9/h4-6H,1-3H3. The smallest absolute Gasteiger partial charge is 0.217 e. The third kappa shape index (κ3) is 2.82. The van der Waals surface area contributed by atoms with E-state index in [9.17, 15) is 4.79 Å². The number of aromatic nitrogens is 2. The summed E-state index contributed by atoms with van der Waals surface area (Å²) < 4.78 is 5.33. The van der Waals surface area contributed by atoms with Crippen LogP contribution in [0.2, 0.25) is 0 Å². The Morgan fingerprint density at radius 2 is 2.15 bits per heavy atom. The lowest BCUT2D eigenvalue weighted by molar-refractivity contribution is 0.111. The third-order valence-corrected chi connectivity index (χ3v) is 1.31. The average molecular weight is 180 g/mol. The van der Waals surface area contributed by atoms with Crippen molar-refractivity contribution in [3.8, 4) is 5.88 Å². The van der Waals surface area contributed by atoms with Crippen LogP contribution in [0, 0.1) is 6.92 Å². The maximum absolute atomic E-state index is 10.5. The quantitative estimate of drug-likeness (QED) is 0.659. The van der Waals surface area contributed by atoms with Gasteiger partial charge in [0.15, 0.2) is 6.29 Å². The van der Waals surface area contributed by atoms with Gasteiger partial charge in [0.2, 0.25) is 5.88 Å². The molecule has 1 aromatic rings. The molecule has 0 amide bonds. The van der Waals surface area contributed by atoms with E-state index in [4.69, 9.17) is 4.74 Å². The van der Waals surface area contributed by atoms with Crippen molar-refractivity contribution in [3.63, 3.8) is 0 Å². The van der Waals surface area contributed by atoms with Gasteiger partial charge in [0.1, 0.15) is 11.5 Å². The normalized spacial score (nSPS) is 10.2. The highest BCUT2D eigenvalue weighted by Crippen LogP contribution is 2.09. The zero-order valence-electron chi connectivity index (χ0n) is 7.94. The highest BCUT2D eigenvalue weighted by atomic mass is 16.5. The van der Waals surface area contributed by atoms with E-state index >= 15 is 0 Å². The first-order chi connectivity index (χ1) is 6.11. The molecule has 0 aliphatic rings. The van der Waals surface area contributed by atoms with Gasteiger partial charge in [-0.25, -0.2) is 4.98 Å². The highest BCUT2D eigenvalue weighted by molar-refractivity contribution is 5.72. The van der Waals surface area contributed by atoms with Crippen molar-refractivity contribution < 1.29 is 9.53 Å². The fourth-order valence-electron chi connectivity index (χ4n) is 0.925. The summed E-state index contributed by atoms with van der Waals surface area (Å²) in [6.45, 7) is 5.52. The van der Waals surface area contributed by atoms with Crippen LogP contribution < -0.4 is 4.74 Å². The van der Waals surface area contributed by atoms with Crippen molar-refractivity contribution in [2.75, 3.05) is 0 Å². The molecule has 0 N–H and O–H groups in total. The molecule has 1 heterocycles. The minimum absolute atomic E-state index is 0.0498. The first kappa shape index (κ1) is 9.64. The molecule has 1 rings (SSSR count). The lowest BCUT2D eigenvalue weighted by Crippen LogP contribution is -2.08. The van der Waals surface area contributed by atoms with Gasteiger partial charge >= 0.3 is 0 Å². The van der Waals surface area contributed by atoms with E-state index in [0.29, 0.717) is 23.7 Å². The summed E-state index contributed by atoms with van der Waals surface area (Å²) in [5.74, 6) is 0.991. The number of aryl methyl sites for hydroxylation is 1. The Bertz CT molecular complexity index is 310. The Hall–Kier alpha value is -1.45. The molecule has 4 heteroatoms. The second kappa shape index (κ2) is 3.98. The van der Waals surface area contributed by atoms with Crippen molar-refractivity contribution in [1.29, 1.82) is 0 Å². The molecule has 0 aromatic carbocycles. The van der Waals surface area contributed by atoms with Gasteiger partial charge in [0, 0.05) is 6.07 Å².